The van der Waals surface area contributed by atoms with Gasteiger partial charge in [0, 0.05) is 0 Å². The van der Waals surface area contributed by atoms with Crippen molar-refractivity contribution in [2.75, 3.05) is 0 Å². The fraction of sp³-hybridized carbons (Fsp3) is 0.0769. The predicted octanol–water partition coefficient (Wildman–Crippen LogP) is 3.04. The van der Waals surface area contributed by atoms with Crippen molar-refractivity contribution in [1.29, 1.82) is 0 Å². The first-order valence-electron chi connectivity index (χ1n) is 4.77. The van der Waals surface area contributed by atoms with Crippen LogP contribution in [0.1, 0.15) is 17.2 Å². The normalized spacial score (nSPS) is 13.8. The van der Waals surface area contributed by atoms with Crippen LogP contribution in [-0.2, 0) is 0 Å². The molecule has 0 amide bonds. The standard InChI is InChI=1S/C13H10N/c14-13-11-7-3-1-5-9(11)10-6-2-4-8-12(10)13/h1-8,13-14H. The van der Waals surface area contributed by atoms with Crippen LogP contribution >= 0.6 is 0 Å². The van der Waals surface area contributed by atoms with Crippen LogP contribution in [0.25, 0.3) is 11.1 Å². The van der Waals surface area contributed by atoms with Gasteiger partial charge in [-0.15, -0.1) is 0 Å². The maximum Gasteiger partial charge on any atom is 0.0724 e. The smallest absolute Gasteiger partial charge is 0.0724 e. The number of rotatable bonds is 0. The summed E-state index contributed by atoms with van der Waals surface area (Å²) in [6, 6.07) is 16.2. The van der Waals surface area contributed by atoms with E-state index in [2.05, 4.69) is 12.1 Å². The first kappa shape index (κ1) is 7.77. The van der Waals surface area contributed by atoms with Crippen molar-refractivity contribution in [3.63, 3.8) is 0 Å². The summed E-state index contributed by atoms with van der Waals surface area (Å²) in [5.74, 6) is 0. The van der Waals surface area contributed by atoms with E-state index in [0.717, 1.165) is 11.1 Å². The fourth-order valence-corrected chi connectivity index (χ4v) is 2.16. The molecule has 0 fully saturated rings. The zero-order valence-electron chi connectivity index (χ0n) is 7.70. The second kappa shape index (κ2) is 2.69. The van der Waals surface area contributed by atoms with Crippen molar-refractivity contribution in [2.45, 2.75) is 6.04 Å². The quantitative estimate of drug-likeness (QED) is 0.595. The molecular weight excluding hydrogens is 170 g/mol. The SMILES string of the molecule is [NH]C1c2ccccc2-c2ccccc21. The van der Waals surface area contributed by atoms with Gasteiger partial charge in [-0.25, -0.2) is 5.73 Å². The Kier molecular flexibility index (Phi) is 1.49. The van der Waals surface area contributed by atoms with Crippen molar-refractivity contribution in [3.8, 4) is 11.1 Å². The van der Waals surface area contributed by atoms with Crippen LogP contribution in [0.4, 0.5) is 0 Å². The molecule has 0 saturated carbocycles. The maximum atomic E-state index is 8.10. The van der Waals surface area contributed by atoms with Crippen molar-refractivity contribution in [2.24, 2.45) is 0 Å². The van der Waals surface area contributed by atoms with Gasteiger partial charge in [0.1, 0.15) is 0 Å². The molecule has 2 aromatic rings. The van der Waals surface area contributed by atoms with Crippen LogP contribution in [0.5, 0.6) is 0 Å². The molecule has 0 aromatic heterocycles. The predicted molar refractivity (Wildman–Crippen MR) is 56.8 cm³/mol. The molecule has 0 aliphatic heterocycles. The summed E-state index contributed by atoms with van der Waals surface area (Å²) in [7, 11) is 0. The van der Waals surface area contributed by atoms with Crippen LogP contribution in [-0.4, -0.2) is 0 Å². The van der Waals surface area contributed by atoms with E-state index >= 15 is 0 Å². The summed E-state index contributed by atoms with van der Waals surface area (Å²) < 4.78 is 0. The molecule has 0 bridgehead atoms. The molecule has 1 radical (unpaired) electrons. The molecule has 0 unspecified atom stereocenters. The fourth-order valence-electron chi connectivity index (χ4n) is 2.16. The minimum absolute atomic E-state index is 0.192. The highest BCUT2D eigenvalue weighted by Gasteiger charge is 2.24. The third kappa shape index (κ3) is 0.875. The van der Waals surface area contributed by atoms with Crippen molar-refractivity contribution in [3.05, 3.63) is 59.7 Å². The van der Waals surface area contributed by atoms with Crippen LogP contribution in [0, 0.1) is 0 Å². The van der Waals surface area contributed by atoms with Crippen LogP contribution in [0.15, 0.2) is 48.5 Å². The average molecular weight is 180 g/mol. The number of hydrogen-bond donors (Lipinski definition) is 0. The van der Waals surface area contributed by atoms with E-state index in [9.17, 15) is 0 Å². The Morgan fingerprint density at radius 3 is 1.64 bits per heavy atom. The molecule has 67 valence electrons. The van der Waals surface area contributed by atoms with Gasteiger partial charge in [0.05, 0.1) is 6.04 Å². The van der Waals surface area contributed by atoms with Gasteiger partial charge in [-0.05, 0) is 22.3 Å². The van der Waals surface area contributed by atoms with Gasteiger partial charge < -0.3 is 0 Å². The first-order valence-corrected chi connectivity index (χ1v) is 4.77. The minimum Gasteiger partial charge on any atom is -0.245 e. The summed E-state index contributed by atoms with van der Waals surface area (Å²) >= 11 is 0. The molecule has 1 aliphatic carbocycles. The topological polar surface area (TPSA) is 23.8 Å². The molecule has 1 aliphatic rings. The monoisotopic (exact) mass is 180 g/mol. The molecule has 14 heavy (non-hydrogen) atoms. The van der Waals surface area contributed by atoms with Crippen LogP contribution < -0.4 is 5.73 Å². The average Bonchev–Trinajstić information content (AvgIpc) is 2.55. The minimum atomic E-state index is -0.192. The van der Waals surface area contributed by atoms with Gasteiger partial charge in [-0.3, -0.25) is 0 Å². The third-order valence-electron chi connectivity index (χ3n) is 2.83. The Labute approximate surface area is 83.2 Å². The zero-order valence-corrected chi connectivity index (χ0v) is 7.70. The Hall–Kier alpha value is -1.60. The van der Waals surface area contributed by atoms with Gasteiger partial charge in [-0.2, -0.15) is 0 Å². The lowest BCUT2D eigenvalue weighted by Crippen LogP contribution is -1.95. The first-order chi connectivity index (χ1) is 6.88. The number of hydrogen-bond acceptors (Lipinski definition) is 0. The molecular formula is C13H10N. The summed E-state index contributed by atoms with van der Waals surface area (Å²) in [5, 5.41) is 0. The van der Waals surface area contributed by atoms with Gasteiger partial charge in [0.15, 0.2) is 0 Å². The van der Waals surface area contributed by atoms with E-state index in [0.29, 0.717) is 0 Å². The van der Waals surface area contributed by atoms with Gasteiger partial charge in [0.25, 0.3) is 0 Å². The Balaban J connectivity index is 2.36. The molecule has 0 saturated heterocycles. The highest BCUT2D eigenvalue weighted by atomic mass is 14.7. The van der Waals surface area contributed by atoms with Crippen molar-refractivity contribution in [1.82, 2.24) is 5.73 Å². The highest BCUT2D eigenvalue weighted by Crippen LogP contribution is 2.42. The van der Waals surface area contributed by atoms with E-state index in [1.54, 1.807) is 0 Å². The Morgan fingerprint density at radius 1 is 0.714 bits per heavy atom. The zero-order chi connectivity index (χ0) is 9.54. The molecule has 0 atom stereocenters. The summed E-state index contributed by atoms with van der Waals surface area (Å²) in [4.78, 5) is 0. The highest BCUT2D eigenvalue weighted by molar-refractivity contribution is 5.78. The number of benzene rings is 2. The van der Waals surface area contributed by atoms with E-state index in [1.165, 1.54) is 11.1 Å². The van der Waals surface area contributed by atoms with E-state index < -0.39 is 0 Å². The molecule has 2 aromatic carbocycles. The molecule has 1 nitrogen and oxygen atoms in total. The number of fused-ring (bicyclic) bond motifs is 3. The van der Waals surface area contributed by atoms with E-state index in [-0.39, 0.29) is 6.04 Å². The van der Waals surface area contributed by atoms with Crippen LogP contribution in [0.3, 0.4) is 0 Å². The van der Waals surface area contributed by atoms with E-state index in [1.807, 2.05) is 36.4 Å². The summed E-state index contributed by atoms with van der Waals surface area (Å²) in [5.41, 5.74) is 12.8. The lowest BCUT2D eigenvalue weighted by atomic mass is 10.1. The second-order valence-electron chi connectivity index (χ2n) is 3.61. The molecule has 3 rings (SSSR count). The van der Waals surface area contributed by atoms with Gasteiger partial charge >= 0.3 is 0 Å². The Bertz CT molecular complexity index is 443. The van der Waals surface area contributed by atoms with Gasteiger partial charge in [-0.1, -0.05) is 48.5 Å². The lowest BCUT2D eigenvalue weighted by molar-refractivity contribution is 0.866. The van der Waals surface area contributed by atoms with E-state index in [4.69, 9.17) is 5.73 Å². The molecule has 1 N–H and O–H groups in total. The second-order valence-corrected chi connectivity index (χ2v) is 3.61. The van der Waals surface area contributed by atoms with Gasteiger partial charge in [0.2, 0.25) is 0 Å². The number of nitrogens with one attached hydrogen (secondary N) is 1. The summed E-state index contributed by atoms with van der Waals surface area (Å²) in [6.07, 6.45) is 0. The molecule has 0 spiro atoms. The van der Waals surface area contributed by atoms with Crippen LogP contribution in [0.2, 0.25) is 0 Å². The Morgan fingerprint density at radius 2 is 1.14 bits per heavy atom. The van der Waals surface area contributed by atoms with Crippen molar-refractivity contribution < 1.29 is 0 Å². The maximum absolute atomic E-state index is 8.10. The largest absolute Gasteiger partial charge is 0.245 e. The summed E-state index contributed by atoms with van der Waals surface area (Å²) in [6.45, 7) is 0. The molecule has 0 heterocycles. The molecule has 1 heteroatoms. The van der Waals surface area contributed by atoms with Crippen molar-refractivity contribution >= 4 is 0 Å². The lowest BCUT2D eigenvalue weighted by Gasteiger charge is -2.03. The third-order valence-corrected chi connectivity index (χ3v) is 2.83.